The molecule has 0 aromatic heterocycles. The molecule has 0 aliphatic heterocycles. The van der Waals surface area contributed by atoms with Gasteiger partial charge in [0, 0.05) is 40.6 Å². The highest BCUT2D eigenvalue weighted by atomic mass is 32.2. The summed E-state index contributed by atoms with van der Waals surface area (Å²) in [6.45, 7) is 2.26. The number of amides is 1. The van der Waals surface area contributed by atoms with Crippen molar-refractivity contribution in [3.8, 4) is 0 Å². The Morgan fingerprint density at radius 3 is 2.71 bits per heavy atom. The maximum Gasteiger partial charge on any atom is 0.251 e. The summed E-state index contributed by atoms with van der Waals surface area (Å²) in [6.07, 6.45) is 1.61. The van der Waals surface area contributed by atoms with Crippen LogP contribution in [0.2, 0.25) is 0 Å². The topological polar surface area (TPSA) is 84.2 Å². The summed E-state index contributed by atoms with van der Waals surface area (Å²) >= 11 is 0. The summed E-state index contributed by atoms with van der Waals surface area (Å²) in [5.41, 5.74) is 4.72. The number of nitrogens with two attached hydrogens (primary N) is 1. The number of rotatable bonds is 5. The summed E-state index contributed by atoms with van der Waals surface area (Å²) in [5, 5.41) is 2.72. The van der Waals surface area contributed by atoms with Gasteiger partial charge in [-0.05, 0) is 30.7 Å². The van der Waals surface area contributed by atoms with Gasteiger partial charge in [-0.2, -0.15) is 0 Å². The quantitative estimate of drug-likeness (QED) is 0.525. The van der Waals surface area contributed by atoms with E-state index in [9.17, 15) is 9.00 Å². The highest BCUT2D eigenvalue weighted by Crippen LogP contribution is 2.13. The van der Waals surface area contributed by atoms with E-state index < -0.39 is 10.8 Å². The van der Waals surface area contributed by atoms with Gasteiger partial charge in [0.25, 0.3) is 5.91 Å². The zero-order valence-corrected chi connectivity index (χ0v) is 10.8. The second-order valence-electron chi connectivity index (χ2n) is 3.71. The Morgan fingerprint density at radius 2 is 2.18 bits per heavy atom. The minimum Gasteiger partial charge on any atom is -0.351 e. The predicted octanol–water partition coefficient (Wildman–Crippen LogP) is 0.389. The summed E-state index contributed by atoms with van der Waals surface area (Å²) in [7, 11) is -0.890. The Kier molecular flexibility index (Phi) is 5.11. The fourth-order valence-electron chi connectivity index (χ4n) is 1.41. The predicted molar refractivity (Wildman–Crippen MR) is 70.3 cm³/mol. The minimum atomic E-state index is -0.890. The van der Waals surface area contributed by atoms with E-state index in [1.54, 1.807) is 24.5 Å². The van der Waals surface area contributed by atoms with Crippen molar-refractivity contribution < 1.29 is 9.00 Å². The van der Waals surface area contributed by atoms with Gasteiger partial charge in [0.05, 0.1) is 0 Å². The van der Waals surface area contributed by atoms with Crippen molar-refractivity contribution in [1.29, 1.82) is 0 Å². The molecule has 0 aliphatic carbocycles. The molecule has 0 fully saturated rings. The fourth-order valence-corrected chi connectivity index (χ4v) is 1.80. The van der Waals surface area contributed by atoms with Crippen LogP contribution in [-0.4, -0.2) is 28.7 Å². The van der Waals surface area contributed by atoms with Crippen LogP contribution in [0.1, 0.15) is 15.9 Å². The van der Waals surface area contributed by atoms with Gasteiger partial charge in [0.2, 0.25) is 0 Å². The lowest BCUT2D eigenvalue weighted by Crippen LogP contribution is -2.28. The first-order valence-corrected chi connectivity index (χ1v) is 6.93. The molecule has 1 amide bonds. The van der Waals surface area contributed by atoms with Crippen molar-refractivity contribution in [1.82, 2.24) is 5.32 Å². The molecule has 0 bridgehead atoms. The number of aryl methyl sites for hydroxylation is 1. The average Bonchev–Trinajstić information content (AvgIpc) is 2.28. The van der Waals surface area contributed by atoms with E-state index in [0.717, 1.165) is 11.3 Å². The molecule has 0 saturated heterocycles. The molecule has 17 heavy (non-hydrogen) atoms. The summed E-state index contributed by atoms with van der Waals surface area (Å²) < 4.78 is 10.8. The van der Waals surface area contributed by atoms with E-state index >= 15 is 0 Å². The maximum absolute atomic E-state index is 11.8. The third kappa shape index (κ3) is 4.16. The highest BCUT2D eigenvalue weighted by molar-refractivity contribution is 7.84. The zero-order chi connectivity index (χ0) is 12.8. The number of anilines is 1. The number of hydrogen-bond acceptors (Lipinski definition) is 4. The molecule has 5 nitrogen and oxygen atoms in total. The fraction of sp³-hybridized carbons (Fsp3) is 0.364. The van der Waals surface area contributed by atoms with Crippen molar-refractivity contribution in [3.63, 3.8) is 0 Å². The third-order valence-electron chi connectivity index (χ3n) is 2.31. The molecule has 6 heteroatoms. The molecule has 1 atom stereocenters. The van der Waals surface area contributed by atoms with E-state index in [0.29, 0.717) is 17.9 Å². The van der Waals surface area contributed by atoms with Crippen LogP contribution in [0.3, 0.4) is 0 Å². The second kappa shape index (κ2) is 6.36. The Labute approximate surface area is 103 Å². The molecule has 1 aromatic rings. The first-order chi connectivity index (χ1) is 8.04. The molecule has 0 heterocycles. The van der Waals surface area contributed by atoms with Crippen LogP contribution >= 0.6 is 0 Å². The van der Waals surface area contributed by atoms with Crippen molar-refractivity contribution in [2.24, 2.45) is 5.84 Å². The van der Waals surface area contributed by atoms with Crippen LogP contribution in [0, 0.1) is 6.92 Å². The summed E-state index contributed by atoms with van der Waals surface area (Å²) in [4.78, 5) is 11.8. The number of carbonyl (C=O) groups is 1. The number of nitrogen functional groups attached to an aromatic ring is 1. The Balaban J connectivity index is 2.66. The molecule has 4 N–H and O–H groups in total. The molecular formula is C11H17N3O2S. The van der Waals surface area contributed by atoms with Crippen LogP contribution < -0.4 is 16.6 Å². The van der Waals surface area contributed by atoms with Gasteiger partial charge in [0.15, 0.2) is 0 Å². The number of hydrazine groups is 1. The smallest absolute Gasteiger partial charge is 0.251 e. The largest absolute Gasteiger partial charge is 0.351 e. The van der Waals surface area contributed by atoms with Gasteiger partial charge >= 0.3 is 0 Å². The summed E-state index contributed by atoms with van der Waals surface area (Å²) in [6, 6.07) is 5.25. The summed E-state index contributed by atoms with van der Waals surface area (Å²) in [5.74, 6) is 5.58. The lowest BCUT2D eigenvalue weighted by Gasteiger charge is -2.08. The molecular weight excluding hydrogens is 238 g/mol. The Morgan fingerprint density at radius 1 is 1.47 bits per heavy atom. The lowest BCUT2D eigenvalue weighted by atomic mass is 10.1. The van der Waals surface area contributed by atoms with Crippen LogP contribution in [0.5, 0.6) is 0 Å². The van der Waals surface area contributed by atoms with Crippen molar-refractivity contribution in [2.75, 3.05) is 24.0 Å². The van der Waals surface area contributed by atoms with Crippen LogP contribution in [0.4, 0.5) is 5.69 Å². The molecule has 1 rings (SSSR count). The third-order valence-corrected chi connectivity index (χ3v) is 3.09. The molecule has 1 aromatic carbocycles. The number of hydrogen-bond donors (Lipinski definition) is 3. The van der Waals surface area contributed by atoms with E-state index in [1.165, 1.54) is 0 Å². The standard InChI is InChI=1S/C11H17N3O2S/c1-8-7-9(14-12)3-4-10(8)11(15)13-5-6-17(2)16/h3-4,7,14H,5-6,12H2,1-2H3,(H,13,15). The normalized spacial score (nSPS) is 11.9. The first-order valence-electron chi connectivity index (χ1n) is 5.20. The Hall–Kier alpha value is -1.40. The SMILES string of the molecule is Cc1cc(NN)ccc1C(=O)NCCS(C)=O. The van der Waals surface area contributed by atoms with Crippen LogP contribution in [0.25, 0.3) is 0 Å². The van der Waals surface area contributed by atoms with E-state index in [2.05, 4.69) is 10.7 Å². The van der Waals surface area contributed by atoms with Gasteiger partial charge in [-0.15, -0.1) is 0 Å². The van der Waals surface area contributed by atoms with Gasteiger partial charge in [0.1, 0.15) is 0 Å². The van der Waals surface area contributed by atoms with Gasteiger partial charge in [-0.25, -0.2) is 0 Å². The molecule has 0 radical (unpaired) electrons. The second-order valence-corrected chi connectivity index (χ2v) is 5.26. The molecule has 94 valence electrons. The zero-order valence-electron chi connectivity index (χ0n) is 9.95. The maximum atomic E-state index is 11.8. The minimum absolute atomic E-state index is 0.156. The number of carbonyl (C=O) groups excluding carboxylic acids is 1. The highest BCUT2D eigenvalue weighted by Gasteiger charge is 2.08. The molecule has 0 aliphatic rings. The van der Waals surface area contributed by atoms with Gasteiger partial charge < -0.3 is 10.7 Å². The van der Waals surface area contributed by atoms with Crippen LogP contribution in [-0.2, 0) is 10.8 Å². The molecule has 0 saturated carbocycles. The molecule has 0 spiro atoms. The monoisotopic (exact) mass is 255 g/mol. The van der Waals surface area contributed by atoms with E-state index in [-0.39, 0.29) is 5.91 Å². The average molecular weight is 255 g/mol. The van der Waals surface area contributed by atoms with Crippen molar-refractivity contribution in [3.05, 3.63) is 29.3 Å². The van der Waals surface area contributed by atoms with E-state index in [1.807, 2.05) is 6.92 Å². The lowest BCUT2D eigenvalue weighted by molar-refractivity contribution is 0.0955. The van der Waals surface area contributed by atoms with Crippen LogP contribution in [0.15, 0.2) is 18.2 Å². The van der Waals surface area contributed by atoms with Crippen molar-refractivity contribution >= 4 is 22.4 Å². The number of nitrogens with one attached hydrogen (secondary N) is 2. The van der Waals surface area contributed by atoms with Gasteiger partial charge in [-0.1, -0.05) is 0 Å². The first kappa shape index (κ1) is 13.7. The van der Waals surface area contributed by atoms with E-state index in [4.69, 9.17) is 5.84 Å². The number of benzene rings is 1. The Bertz CT molecular complexity index is 435. The molecule has 1 unspecified atom stereocenters. The van der Waals surface area contributed by atoms with Gasteiger partial charge in [-0.3, -0.25) is 14.8 Å². The van der Waals surface area contributed by atoms with Crippen molar-refractivity contribution in [2.45, 2.75) is 6.92 Å².